The third-order valence-corrected chi connectivity index (χ3v) is 2.91. The minimum Gasteiger partial charge on any atom is -0.467 e. The summed E-state index contributed by atoms with van der Waals surface area (Å²) in [7, 11) is 0. The lowest BCUT2D eigenvalue weighted by atomic mass is 10.1. The van der Waals surface area contributed by atoms with Gasteiger partial charge in [-0.1, -0.05) is 6.07 Å². The van der Waals surface area contributed by atoms with Gasteiger partial charge in [-0.15, -0.1) is 0 Å². The molecule has 0 radical (unpaired) electrons. The summed E-state index contributed by atoms with van der Waals surface area (Å²) >= 11 is 0. The molecule has 0 aliphatic carbocycles. The molecule has 1 atom stereocenters. The van der Waals surface area contributed by atoms with Crippen molar-refractivity contribution in [2.75, 3.05) is 6.61 Å². The first-order valence-electron chi connectivity index (χ1n) is 6.60. The summed E-state index contributed by atoms with van der Waals surface area (Å²) in [5.74, 6) is -0.479. The maximum Gasteiger partial charge on any atom is 0.338 e. The predicted octanol–water partition coefficient (Wildman–Crippen LogP) is 2.19. The quantitative estimate of drug-likeness (QED) is 0.854. The molecule has 22 heavy (non-hydrogen) atoms. The summed E-state index contributed by atoms with van der Waals surface area (Å²) in [4.78, 5) is 23.5. The van der Waals surface area contributed by atoms with E-state index in [2.05, 4.69) is 5.32 Å². The second-order valence-electron chi connectivity index (χ2n) is 4.57. The van der Waals surface area contributed by atoms with Gasteiger partial charge in [0.25, 0.3) is 5.91 Å². The smallest absolute Gasteiger partial charge is 0.338 e. The van der Waals surface area contributed by atoms with Crippen LogP contribution in [0.4, 0.5) is 0 Å². The first kappa shape index (κ1) is 15.3. The van der Waals surface area contributed by atoms with E-state index in [9.17, 15) is 9.59 Å². The first-order chi connectivity index (χ1) is 10.6. The molecule has 0 saturated carbocycles. The van der Waals surface area contributed by atoms with Crippen molar-refractivity contribution in [2.24, 2.45) is 0 Å². The Balaban J connectivity index is 1.85. The van der Waals surface area contributed by atoms with Crippen LogP contribution < -0.4 is 5.32 Å². The van der Waals surface area contributed by atoms with E-state index in [1.54, 1.807) is 31.2 Å². The van der Waals surface area contributed by atoms with Crippen molar-refractivity contribution in [1.82, 2.24) is 5.32 Å². The van der Waals surface area contributed by atoms with E-state index in [1.165, 1.54) is 18.4 Å². The standard InChI is InChI=1S/C16H14N2O4/c1-11(14-6-3-7-21-14)18-15(19)10-22-16(20)13-5-2-4-12(8-13)9-17/h2-8,11H,10H2,1H3,(H,18,19)/t11-/m1/s1. The summed E-state index contributed by atoms with van der Waals surface area (Å²) in [6.45, 7) is 1.36. The second-order valence-corrected chi connectivity index (χ2v) is 4.57. The highest BCUT2D eigenvalue weighted by Gasteiger charge is 2.14. The molecule has 1 aromatic heterocycles. The number of benzene rings is 1. The number of hydrogen-bond acceptors (Lipinski definition) is 5. The summed E-state index contributed by atoms with van der Waals surface area (Å²) in [5.41, 5.74) is 0.580. The van der Waals surface area contributed by atoms with Crippen molar-refractivity contribution in [3.63, 3.8) is 0 Å². The van der Waals surface area contributed by atoms with Gasteiger partial charge in [-0.25, -0.2) is 4.79 Å². The van der Waals surface area contributed by atoms with Crippen LogP contribution in [0.2, 0.25) is 0 Å². The van der Waals surface area contributed by atoms with Crippen molar-refractivity contribution in [1.29, 1.82) is 5.26 Å². The monoisotopic (exact) mass is 298 g/mol. The Hall–Kier alpha value is -3.07. The van der Waals surface area contributed by atoms with Crippen LogP contribution in [0.15, 0.2) is 47.1 Å². The number of rotatable bonds is 5. The summed E-state index contributed by atoms with van der Waals surface area (Å²) in [5, 5.41) is 11.4. The Bertz CT molecular complexity index is 701. The van der Waals surface area contributed by atoms with Crippen molar-refractivity contribution >= 4 is 11.9 Å². The number of nitriles is 1. The SMILES string of the molecule is C[C@@H](NC(=O)COC(=O)c1cccc(C#N)c1)c1ccco1. The molecule has 0 aliphatic heterocycles. The summed E-state index contributed by atoms with van der Waals surface area (Å²) in [6, 6.07) is 11.2. The van der Waals surface area contributed by atoms with Gasteiger partial charge in [-0.3, -0.25) is 4.79 Å². The summed E-state index contributed by atoms with van der Waals surface area (Å²) in [6.07, 6.45) is 1.51. The van der Waals surface area contributed by atoms with E-state index in [4.69, 9.17) is 14.4 Å². The van der Waals surface area contributed by atoms with Gasteiger partial charge in [0, 0.05) is 0 Å². The molecule has 0 fully saturated rings. The van der Waals surface area contributed by atoms with Crippen LogP contribution in [-0.2, 0) is 9.53 Å². The third-order valence-electron chi connectivity index (χ3n) is 2.91. The lowest BCUT2D eigenvalue weighted by molar-refractivity contribution is -0.125. The minimum atomic E-state index is -0.655. The fourth-order valence-corrected chi connectivity index (χ4v) is 1.82. The molecule has 112 valence electrons. The number of esters is 1. The number of amides is 1. The van der Waals surface area contributed by atoms with Crippen LogP contribution in [0.25, 0.3) is 0 Å². The van der Waals surface area contributed by atoms with E-state index in [-0.39, 0.29) is 11.6 Å². The molecule has 1 heterocycles. The van der Waals surface area contributed by atoms with Gasteiger partial charge in [0.15, 0.2) is 6.61 Å². The Morgan fingerprint density at radius 1 is 1.36 bits per heavy atom. The van der Waals surface area contributed by atoms with Gasteiger partial charge in [-0.05, 0) is 37.3 Å². The van der Waals surface area contributed by atoms with Crippen LogP contribution in [-0.4, -0.2) is 18.5 Å². The first-order valence-corrected chi connectivity index (χ1v) is 6.60. The number of furan rings is 1. The highest BCUT2D eigenvalue weighted by molar-refractivity contribution is 5.91. The Labute approximate surface area is 127 Å². The fourth-order valence-electron chi connectivity index (χ4n) is 1.82. The highest BCUT2D eigenvalue weighted by atomic mass is 16.5. The lowest BCUT2D eigenvalue weighted by Gasteiger charge is -2.11. The Morgan fingerprint density at radius 2 is 2.18 bits per heavy atom. The number of ether oxygens (including phenoxy) is 1. The molecular formula is C16H14N2O4. The predicted molar refractivity (Wildman–Crippen MR) is 76.7 cm³/mol. The van der Waals surface area contributed by atoms with Crippen molar-refractivity contribution in [3.05, 3.63) is 59.5 Å². The highest BCUT2D eigenvalue weighted by Crippen LogP contribution is 2.12. The summed E-state index contributed by atoms with van der Waals surface area (Å²) < 4.78 is 10.1. The van der Waals surface area contributed by atoms with Gasteiger partial charge in [0.2, 0.25) is 0 Å². The fraction of sp³-hybridized carbons (Fsp3) is 0.188. The lowest BCUT2D eigenvalue weighted by Crippen LogP contribution is -2.31. The zero-order valence-corrected chi connectivity index (χ0v) is 11.9. The molecule has 0 saturated heterocycles. The van der Waals surface area contributed by atoms with Gasteiger partial charge in [0.1, 0.15) is 5.76 Å². The van der Waals surface area contributed by atoms with Gasteiger partial charge in [0.05, 0.1) is 29.5 Å². The number of carbonyl (C=O) groups excluding carboxylic acids is 2. The molecule has 0 bridgehead atoms. The molecule has 0 aliphatic rings. The van der Waals surface area contributed by atoms with Gasteiger partial charge >= 0.3 is 5.97 Å². The van der Waals surface area contributed by atoms with Crippen molar-refractivity contribution < 1.29 is 18.7 Å². The number of nitrogens with one attached hydrogen (secondary N) is 1. The molecule has 1 aromatic carbocycles. The molecule has 6 nitrogen and oxygen atoms in total. The zero-order chi connectivity index (χ0) is 15.9. The number of hydrogen-bond donors (Lipinski definition) is 1. The number of carbonyl (C=O) groups is 2. The van der Waals surface area contributed by atoms with Crippen LogP contribution >= 0.6 is 0 Å². The molecule has 1 amide bonds. The zero-order valence-electron chi connectivity index (χ0n) is 11.9. The van der Waals surface area contributed by atoms with Crippen molar-refractivity contribution in [2.45, 2.75) is 13.0 Å². The van der Waals surface area contributed by atoms with E-state index >= 15 is 0 Å². The molecule has 1 N–H and O–H groups in total. The van der Waals surface area contributed by atoms with Gasteiger partial charge < -0.3 is 14.5 Å². The van der Waals surface area contributed by atoms with Crippen LogP contribution in [0.5, 0.6) is 0 Å². The molecule has 0 spiro atoms. The molecule has 0 unspecified atom stereocenters. The largest absolute Gasteiger partial charge is 0.467 e. The average Bonchev–Trinajstić information content (AvgIpc) is 3.07. The van der Waals surface area contributed by atoms with Gasteiger partial charge in [-0.2, -0.15) is 5.26 Å². The van der Waals surface area contributed by atoms with Crippen molar-refractivity contribution in [3.8, 4) is 6.07 Å². The topological polar surface area (TPSA) is 92.3 Å². The van der Waals surface area contributed by atoms with Crippen LogP contribution in [0, 0.1) is 11.3 Å². The second kappa shape index (κ2) is 7.09. The molecule has 6 heteroatoms. The van der Waals surface area contributed by atoms with Crippen LogP contribution in [0.1, 0.15) is 34.6 Å². The molecule has 2 rings (SSSR count). The minimum absolute atomic E-state index is 0.228. The maximum atomic E-state index is 11.8. The molecular weight excluding hydrogens is 284 g/mol. The normalized spacial score (nSPS) is 11.3. The Kier molecular flexibility index (Phi) is 4.94. The van der Waals surface area contributed by atoms with E-state index in [0.29, 0.717) is 11.3 Å². The maximum absolute atomic E-state index is 11.8. The number of nitrogens with zero attached hydrogens (tertiary/aromatic N) is 1. The van der Waals surface area contributed by atoms with E-state index in [0.717, 1.165) is 0 Å². The molecule has 2 aromatic rings. The van der Waals surface area contributed by atoms with Crippen LogP contribution in [0.3, 0.4) is 0 Å². The third kappa shape index (κ3) is 3.96. The van der Waals surface area contributed by atoms with E-state index in [1.807, 2.05) is 6.07 Å². The Morgan fingerprint density at radius 3 is 2.86 bits per heavy atom. The average molecular weight is 298 g/mol. The van der Waals surface area contributed by atoms with E-state index < -0.39 is 18.5 Å².